The SMILES string of the molecule is C=CC(=O)Nc1ccc(C(=O)N[C@H]([C@H](c2ccccc2)c2[nH]nc3c2CN(C(N)=O)C32CC2)N(C)C)cc1. The highest BCUT2D eigenvalue weighted by molar-refractivity contribution is 5.99. The maximum atomic E-state index is 13.4. The van der Waals surface area contributed by atoms with Crippen molar-refractivity contribution in [3.8, 4) is 0 Å². The van der Waals surface area contributed by atoms with Crippen molar-refractivity contribution < 1.29 is 14.4 Å². The van der Waals surface area contributed by atoms with Crippen molar-refractivity contribution in [1.82, 2.24) is 25.3 Å². The minimum absolute atomic E-state index is 0.264. The van der Waals surface area contributed by atoms with Crippen LogP contribution in [0.5, 0.6) is 0 Å². The molecule has 1 aromatic heterocycles. The molecule has 2 aliphatic rings. The van der Waals surface area contributed by atoms with Gasteiger partial charge in [-0.25, -0.2) is 4.79 Å². The number of benzene rings is 2. The van der Waals surface area contributed by atoms with E-state index in [1.165, 1.54) is 6.08 Å². The molecule has 196 valence electrons. The number of rotatable bonds is 8. The van der Waals surface area contributed by atoms with Crippen LogP contribution in [-0.4, -0.2) is 58.1 Å². The average Bonchev–Trinajstić information content (AvgIpc) is 3.49. The van der Waals surface area contributed by atoms with E-state index in [9.17, 15) is 14.4 Å². The van der Waals surface area contributed by atoms with E-state index in [0.717, 1.165) is 35.4 Å². The molecule has 5 N–H and O–H groups in total. The van der Waals surface area contributed by atoms with Crippen molar-refractivity contribution in [1.29, 1.82) is 0 Å². The Labute approximate surface area is 220 Å². The number of hydrogen-bond donors (Lipinski definition) is 4. The van der Waals surface area contributed by atoms with Crippen molar-refractivity contribution >= 4 is 23.5 Å². The summed E-state index contributed by atoms with van der Waals surface area (Å²) in [6, 6.07) is 16.1. The molecule has 1 saturated carbocycles. The number of carbonyl (C=O) groups is 3. The molecule has 0 bridgehead atoms. The average molecular weight is 514 g/mol. The first-order valence-electron chi connectivity index (χ1n) is 12.5. The molecule has 38 heavy (non-hydrogen) atoms. The minimum atomic E-state index is -0.452. The Kier molecular flexibility index (Phi) is 6.50. The van der Waals surface area contributed by atoms with E-state index in [2.05, 4.69) is 27.4 Å². The number of likely N-dealkylation sites (N-methyl/N-ethyl adjacent to an activating group) is 1. The second kappa shape index (κ2) is 9.79. The Morgan fingerprint density at radius 1 is 1.13 bits per heavy atom. The van der Waals surface area contributed by atoms with Crippen LogP contribution in [0.15, 0.2) is 67.3 Å². The predicted molar refractivity (Wildman–Crippen MR) is 143 cm³/mol. The van der Waals surface area contributed by atoms with Crippen LogP contribution in [0.25, 0.3) is 0 Å². The number of nitrogens with one attached hydrogen (secondary N) is 3. The van der Waals surface area contributed by atoms with Crippen LogP contribution >= 0.6 is 0 Å². The molecule has 0 saturated heterocycles. The van der Waals surface area contributed by atoms with E-state index in [1.54, 1.807) is 29.2 Å². The quantitative estimate of drug-likeness (QED) is 0.271. The maximum absolute atomic E-state index is 13.4. The normalized spacial score (nSPS) is 16.6. The molecule has 0 unspecified atom stereocenters. The Bertz CT molecular complexity index is 1380. The zero-order valence-electron chi connectivity index (χ0n) is 21.4. The number of anilines is 1. The summed E-state index contributed by atoms with van der Waals surface area (Å²) in [6.45, 7) is 3.83. The Hall–Kier alpha value is -4.44. The second-order valence-electron chi connectivity index (χ2n) is 9.96. The maximum Gasteiger partial charge on any atom is 0.315 e. The number of amides is 4. The van der Waals surface area contributed by atoms with Gasteiger partial charge in [0, 0.05) is 16.8 Å². The molecule has 2 aromatic carbocycles. The van der Waals surface area contributed by atoms with Crippen LogP contribution in [0, 0.1) is 0 Å². The molecule has 10 nitrogen and oxygen atoms in total. The number of urea groups is 1. The van der Waals surface area contributed by atoms with Gasteiger partial charge in [-0.2, -0.15) is 5.10 Å². The first kappa shape index (κ1) is 25.2. The number of hydrogen-bond acceptors (Lipinski definition) is 5. The van der Waals surface area contributed by atoms with Crippen LogP contribution in [-0.2, 0) is 16.9 Å². The third-order valence-corrected chi connectivity index (χ3v) is 7.38. The molecule has 0 radical (unpaired) electrons. The standard InChI is InChI=1S/C28H31N7O3/c1-4-21(36)30-19-12-10-18(11-13-19)26(37)31-25(34(2)3)22(17-8-6-5-7-9-17)23-20-16-35(27(29)38)28(14-15-28)24(20)33-32-23/h4-13,22,25H,1,14-16H2,2-3H3,(H2,29,38)(H,30,36)(H,31,37)(H,32,33)/t22-,25+/m1/s1. The van der Waals surface area contributed by atoms with E-state index < -0.39 is 17.7 Å². The predicted octanol–water partition coefficient (Wildman–Crippen LogP) is 2.87. The lowest BCUT2D eigenvalue weighted by Crippen LogP contribution is -2.49. The molecule has 1 aliphatic heterocycles. The highest BCUT2D eigenvalue weighted by Gasteiger charge is 2.59. The minimum Gasteiger partial charge on any atom is -0.351 e. The molecular formula is C28H31N7O3. The molecule has 4 amide bonds. The van der Waals surface area contributed by atoms with E-state index in [1.807, 2.05) is 49.3 Å². The van der Waals surface area contributed by atoms with Crippen LogP contribution in [0.1, 0.15) is 51.6 Å². The van der Waals surface area contributed by atoms with Gasteiger partial charge in [0.15, 0.2) is 0 Å². The molecule has 1 aliphatic carbocycles. The van der Waals surface area contributed by atoms with Crippen molar-refractivity contribution in [3.05, 3.63) is 95.3 Å². The molecule has 3 aromatic rings. The first-order chi connectivity index (χ1) is 18.2. The highest BCUT2D eigenvalue weighted by atomic mass is 16.2. The summed E-state index contributed by atoms with van der Waals surface area (Å²) in [6.07, 6.45) is 2.40. The van der Waals surface area contributed by atoms with Gasteiger partial charge >= 0.3 is 6.03 Å². The monoisotopic (exact) mass is 513 g/mol. The summed E-state index contributed by atoms with van der Waals surface area (Å²) < 4.78 is 0. The van der Waals surface area contributed by atoms with Gasteiger partial charge in [-0.05, 0) is 62.8 Å². The molecule has 2 heterocycles. The molecule has 1 fully saturated rings. The third-order valence-electron chi connectivity index (χ3n) is 7.38. The topological polar surface area (TPSA) is 136 Å². The van der Waals surface area contributed by atoms with Crippen LogP contribution in [0.2, 0.25) is 0 Å². The van der Waals surface area contributed by atoms with Gasteiger partial charge in [-0.15, -0.1) is 0 Å². The second-order valence-corrected chi connectivity index (χ2v) is 9.96. The molecule has 10 heteroatoms. The van der Waals surface area contributed by atoms with Gasteiger partial charge in [0.1, 0.15) is 0 Å². The Morgan fingerprint density at radius 3 is 2.39 bits per heavy atom. The van der Waals surface area contributed by atoms with Crippen molar-refractivity contribution in [2.75, 3.05) is 19.4 Å². The fourth-order valence-corrected chi connectivity index (χ4v) is 5.33. The summed E-state index contributed by atoms with van der Waals surface area (Å²) >= 11 is 0. The number of H-pyrrole nitrogens is 1. The fraction of sp³-hybridized carbons (Fsp3) is 0.286. The molecule has 1 spiro atoms. The summed E-state index contributed by atoms with van der Waals surface area (Å²) in [5, 5.41) is 13.8. The van der Waals surface area contributed by atoms with Gasteiger partial charge in [-0.3, -0.25) is 19.6 Å². The first-order valence-corrected chi connectivity index (χ1v) is 12.5. The van der Waals surface area contributed by atoms with Crippen LogP contribution < -0.4 is 16.4 Å². The summed E-state index contributed by atoms with van der Waals surface area (Å²) in [5.41, 5.74) is 9.99. The highest BCUT2D eigenvalue weighted by Crippen LogP contribution is 2.57. The summed E-state index contributed by atoms with van der Waals surface area (Å²) in [4.78, 5) is 40.9. The lowest BCUT2D eigenvalue weighted by atomic mass is 9.89. The number of primary amides is 1. The van der Waals surface area contributed by atoms with Crippen LogP contribution in [0.4, 0.5) is 10.5 Å². The van der Waals surface area contributed by atoms with Crippen molar-refractivity contribution in [3.63, 3.8) is 0 Å². The van der Waals surface area contributed by atoms with Gasteiger partial charge in [0.2, 0.25) is 5.91 Å². The number of aromatic nitrogens is 2. The lowest BCUT2D eigenvalue weighted by Gasteiger charge is -2.33. The fourth-order valence-electron chi connectivity index (χ4n) is 5.33. The van der Waals surface area contributed by atoms with Crippen LogP contribution in [0.3, 0.4) is 0 Å². The smallest absolute Gasteiger partial charge is 0.315 e. The van der Waals surface area contributed by atoms with E-state index >= 15 is 0 Å². The Morgan fingerprint density at radius 2 is 1.82 bits per heavy atom. The Balaban J connectivity index is 1.48. The van der Waals surface area contributed by atoms with Gasteiger partial charge in [0.05, 0.1) is 35.6 Å². The van der Waals surface area contributed by atoms with Gasteiger partial charge in [0.25, 0.3) is 5.91 Å². The molecule has 5 rings (SSSR count). The van der Waals surface area contributed by atoms with Crippen molar-refractivity contribution in [2.24, 2.45) is 5.73 Å². The molecular weight excluding hydrogens is 482 g/mol. The zero-order chi connectivity index (χ0) is 27.0. The number of nitrogens with two attached hydrogens (primary N) is 1. The number of carbonyl (C=O) groups excluding carboxylic acids is 3. The number of fused-ring (bicyclic) bond motifs is 2. The zero-order valence-corrected chi connectivity index (χ0v) is 21.4. The molecule has 2 atom stereocenters. The number of nitrogens with zero attached hydrogens (tertiary/aromatic N) is 3. The number of aromatic amines is 1. The summed E-state index contributed by atoms with van der Waals surface area (Å²) in [7, 11) is 3.81. The van der Waals surface area contributed by atoms with E-state index in [-0.39, 0.29) is 17.7 Å². The lowest BCUT2D eigenvalue weighted by molar-refractivity contribution is -0.111. The van der Waals surface area contributed by atoms with Gasteiger partial charge < -0.3 is 21.3 Å². The largest absolute Gasteiger partial charge is 0.351 e. The third kappa shape index (κ3) is 4.43. The van der Waals surface area contributed by atoms with Gasteiger partial charge in [-0.1, -0.05) is 36.9 Å². The van der Waals surface area contributed by atoms with E-state index in [4.69, 9.17) is 5.73 Å². The van der Waals surface area contributed by atoms with E-state index in [0.29, 0.717) is 17.8 Å². The summed E-state index contributed by atoms with van der Waals surface area (Å²) in [5.74, 6) is -0.892. The van der Waals surface area contributed by atoms with Crippen molar-refractivity contribution in [2.45, 2.75) is 37.0 Å².